The van der Waals surface area contributed by atoms with Crippen LogP contribution in [0.4, 0.5) is 4.79 Å². The Kier molecular flexibility index (Phi) is 6.72. The second-order valence-electron chi connectivity index (χ2n) is 7.10. The SMILES string of the molecule is CCOc1cc(/C=C2/SC(=O)N(Cc3cccc4ccccc34)C2=O)cc(Cl)c1OCC. The zero-order valence-corrected chi connectivity index (χ0v) is 19.3. The smallest absolute Gasteiger partial charge is 0.293 e. The number of benzene rings is 3. The van der Waals surface area contributed by atoms with Gasteiger partial charge >= 0.3 is 0 Å². The Bertz CT molecular complexity index is 1220. The number of amides is 2. The molecule has 0 radical (unpaired) electrons. The number of hydrogen-bond acceptors (Lipinski definition) is 5. The molecule has 0 atom stereocenters. The number of fused-ring (bicyclic) bond motifs is 1. The van der Waals surface area contributed by atoms with Crippen molar-refractivity contribution in [3.05, 3.63) is 75.7 Å². The van der Waals surface area contributed by atoms with Gasteiger partial charge in [-0.05, 0) is 65.7 Å². The molecule has 32 heavy (non-hydrogen) atoms. The summed E-state index contributed by atoms with van der Waals surface area (Å²) in [7, 11) is 0. The average molecular weight is 468 g/mol. The van der Waals surface area contributed by atoms with Crippen LogP contribution >= 0.6 is 23.4 Å². The highest BCUT2D eigenvalue weighted by Crippen LogP contribution is 2.39. The van der Waals surface area contributed by atoms with Gasteiger partial charge in [-0.2, -0.15) is 0 Å². The third kappa shape index (κ3) is 4.47. The largest absolute Gasteiger partial charge is 0.490 e. The van der Waals surface area contributed by atoms with Gasteiger partial charge < -0.3 is 9.47 Å². The van der Waals surface area contributed by atoms with Crippen molar-refractivity contribution in [1.82, 2.24) is 4.90 Å². The average Bonchev–Trinajstić information content (AvgIpc) is 3.04. The fourth-order valence-electron chi connectivity index (χ4n) is 3.61. The van der Waals surface area contributed by atoms with Crippen LogP contribution in [0.5, 0.6) is 11.5 Å². The standard InChI is InChI=1S/C25H22ClNO4S/c1-3-30-21-13-16(12-20(26)23(21)31-4-2)14-22-24(28)27(25(29)32-22)15-18-10-7-9-17-8-5-6-11-19(17)18/h5-14H,3-4,15H2,1-2H3/b22-14+. The van der Waals surface area contributed by atoms with E-state index < -0.39 is 0 Å². The van der Waals surface area contributed by atoms with Crippen molar-refractivity contribution >= 4 is 51.4 Å². The third-order valence-electron chi connectivity index (χ3n) is 5.00. The number of nitrogens with zero attached hydrogens (tertiary/aromatic N) is 1. The molecule has 1 saturated heterocycles. The van der Waals surface area contributed by atoms with Crippen molar-refractivity contribution in [2.24, 2.45) is 0 Å². The number of hydrogen-bond donors (Lipinski definition) is 0. The molecule has 1 heterocycles. The molecule has 5 nitrogen and oxygen atoms in total. The monoisotopic (exact) mass is 467 g/mol. The maximum atomic E-state index is 13.1. The number of thioether (sulfide) groups is 1. The highest BCUT2D eigenvalue weighted by atomic mass is 35.5. The first kappa shape index (κ1) is 22.2. The van der Waals surface area contributed by atoms with E-state index in [4.69, 9.17) is 21.1 Å². The molecule has 0 aromatic heterocycles. The molecule has 2 amide bonds. The molecule has 7 heteroatoms. The molecule has 3 aromatic carbocycles. The topological polar surface area (TPSA) is 55.8 Å². The maximum Gasteiger partial charge on any atom is 0.293 e. The van der Waals surface area contributed by atoms with Crippen molar-refractivity contribution < 1.29 is 19.1 Å². The molecule has 0 saturated carbocycles. The molecule has 0 N–H and O–H groups in total. The summed E-state index contributed by atoms with van der Waals surface area (Å²) in [6.45, 7) is 4.85. The molecular formula is C25H22ClNO4S. The summed E-state index contributed by atoms with van der Waals surface area (Å²) >= 11 is 7.31. The Morgan fingerprint density at radius 1 is 1.00 bits per heavy atom. The molecule has 0 spiro atoms. The lowest BCUT2D eigenvalue weighted by Crippen LogP contribution is -2.27. The van der Waals surface area contributed by atoms with Crippen LogP contribution in [0.1, 0.15) is 25.0 Å². The van der Waals surface area contributed by atoms with Crippen LogP contribution in [0, 0.1) is 0 Å². The van der Waals surface area contributed by atoms with Gasteiger partial charge in [0.2, 0.25) is 0 Å². The first-order chi connectivity index (χ1) is 15.5. The lowest BCUT2D eigenvalue weighted by molar-refractivity contribution is -0.123. The molecule has 1 aliphatic heterocycles. The lowest BCUT2D eigenvalue weighted by atomic mass is 10.0. The van der Waals surface area contributed by atoms with Gasteiger partial charge in [-0.1, -0.05) is 54.1 Å². The number of halogens is 1. The van der Waals surface area contributed by atoms with Crippen molar-refractivity contribution in [3.8, 4) is 11.5 Å². The molecule has 3 aromatic rings. The summed E-state index contributed by atoms with van der Waals surface area (Å²) in [4.78, 5) is 27.3. The minimum Gasteiger partial charge on any atom is -0.490 e. The lowest BCUT2D eigenvalue weighted by Gasteiger charge is -2.14. The van der Waals surface area contributed by atoms with Crippen LogP contribution in [0.15, 0.2) is 59.5 Å². The van der Waals surface area contributed by atoms with E-state index in [0.717, 1.165) is 28.1 Å². The molecule has 0 aliphatic carbocycles. The van der Waals surface area contributed by atoms with Gasteiger partial charge in [0.1, 0.15) is 0 Å². The van der Waals surface area contributed by atoms with Crippen LogP contribution in [0.3, 0.4) is 0 Å². The van der Waals surface area contributed by atoms with Gasteiger partial charge in [0, 0.05) is 0 Å². The third-order valence-corrected chi connectivity index (χ3v) is 6.19. The fraction of sp³-hybridized carbons (Fsp3) is 0.200. The molecule has 0 bridgehead atoms. The normalized spacial score (nSPS) is 15.1. The first-order valence-corrected chi connectivity index (χ1v) is 11.5. The van der Waals surface area contributed by atoms with Gasteiger partial charge in [0.15, 0.2) is 11.5 Å². The highest BCUT2D eigenvalue weighted by molar-refractivity contribution is 8.18. The van der Waals surface area contributed by atoms with Crippen molar-refractivity contribution in [1.29, 1.82) is 0 Å². The fourth-order valence-corrected chi connectivity index (χ4v) is 4.72. The maximum absolute atomic E-state index is 13.1. The van der Waals surface area contributed by atoms with E-state index in [1.54, 1.807) is 18.2 Å². The summed E-state index contributed by atoms with van der Waals surface area (Å²) in [6.07, 6.45) is 1.66. The molecule has 1 fully saturated rings. The Balaban J connectivity index is 1.62. The predicted molar refractivity (Wildman–Crippen MR) is 129 cm³/mol. The Labute approximate surface area is 195 Å². The number of carbonyl (C=O) groups is 2. The van der Waals surface area contributed by atoms with Gasteiger partial charge in [-0.15, -0.1) is 0 Å². The molecule has 164 valence electrons. The van der Waals surface area contributed by atoms with Gasteiger partial charge in [0.05, 0.1) is 29.7 Å². The number of rotatable bonds is 7. The van der Waals surface area contributed by atoms with E-state index in [1.165, 1.54) is 4.90 Å². The molecule has 0 unspecified atom stereocenters. The van der Waals surface area contributed by atoms with Gasteiger partial charge in [0.25, 0.3) is 11.1 Å². The van der Waals surface area contributed by atoms with E-state index in [0.29, 0.717) is 40.2 Å². The van der Waals surface area contributed by atoms with Gasteiger partial charge in [-0.3, -0.25) is 14.5 Å². The molecular weight excluding hydrogens is 446 g/mol. The minimum absolute atomic E-state index is 0.220. The quantitative estimate of drug-likeness (QED) is 0.370. The summed E-state index contributed by atoms with van der Waals surface area (Å²) in [5, 5.41) is 2.19. The predicted octanol–water partition coefficient (Wildman–Crippen LogP) is 6.53. The van der Waals surface area contributed by atoms with Crippen LogP contribution < -0.4 is 9.47 Å². The van der Waals surface area contributed by atoms with Crippen LogP contribution in [0.25, 0.3) is 16.8 Å². The van der Waals surface area contributed by atoms with E-state index >= 15 is 0 Å². The van der Waals surface area contributed by atoms with E-state index in [9.17, 15) is 9.59 Å². The van der Waals surface area contributed by atoms with E-state index in [-0.39, 0.29) is 17.7 Å². The zero-order valence-electron chi connectivity index (χ0n) is 17.8. The van der Waals surface area contributed by atoms with Crippen LogP contribution in [0.2, 0.25) is 5.02 Å². The van der Waals surface area contributed by atoms with Crippen LogP contribution in [-0.4, -0.2) is 29.3 Å². The second-order valence-corrected chi connectivity index (χ2v) is 8.50. The van der Waals surface area contributed by atoms with Crippen LogP contribution in [-0.2, 0) is 11.3 Å². The summed E-state index contributed by atoms with van der Waals surface area (Å²) < 4.78 is 11.2. The zero-order chi connectivity index (χ0) is 22.7. The highest BCUT2D eigenvalue weighted by Gasteiger charge is 2.35. The number of ether oxygens (including phenoxy) is 2. The Hall–Kier alpha value is -2.96. The summed E-state index contributed by atoms with van der Waals surface area (Å²) in [5.74, 6) is 0.649. The summed E-state index contributed by atoms with van der Waals surface area (Å²) in [5.41, 5.74) is 1.59. The molecule has 4 rings (SSSR count). The number of imide groups is 1. The van der Waals surface area contributed by atoms with Crippen molar-refractivity contribution in [3.63, 3.8) is 0 Å². The van der Waals surface area contributed by atoms with Gasteiger partial charge in [-0.25, -0.2) is 0 Å². The molecule has 1 aliphatic rings. The second kappa shape index (κ2) is 9.67. The number of carbonyl (C=O) groups excluding carboxylic acids is 2. The van der Waals surface area contributed by atoms with E-state index in [2.05, 4.69) is 0 Å². The van der Waals surface area contributed by atoms with Crippen molar-refractivity contribution in [2.75, 3.05) is 13.2 Å². The van der Waals surface area contributed by atoms with Crippen molar-refractivity contribution in [2.45, 2.75) is 20.4 Å². The summed E-state index contributed by atoms with van der Waals surface area (Å²) in [6, 6.07) is 17.3. The Morgan fingerprint density at radius 3 is 2.53 bits per heavy atom. The first-order valence-electron chi connectivity index (χ1n) is 10.3. The Morgan fingerprint density at radius 2 is 1.75 bits per heavy atom. The minimum atomic E-state index is -0.323. The van der Waals surface area contributed by atoms with E-state index in [1.807, 2.05) is 56.3 Å².